The average molecular weight is 439 g/mol. The number of carbonyl (C=O) groups excluding carboxylic acids is 1. The molecule has 0 spiro atoms. The van der Waals surface area contributed by atoms with Gasteiger partial charge >= 0.3 is 5.97 Å². The number of benzene rings is 2. The maximum Gasteiger partial charge on any atom is 0.360 e. The highest BCUT2D eigenvalue weighted by Gasteiger charge is 2.19. The summed E-state index contributed by atoms with van der Waals surface area (Å²) in [6.45, 7) is 0.254. The van der Waals surface area contributed by atoms with Gasteiger partial charge in [0.15, 0.2) is 5.71 Å². The minimum atomic E-state index is -0.581. The number of halogens is 2. The summed E-state index contributed by atoms with van der Waals surface area (Å²) in [6, 6.07) is 14.7. The molecule has 5 nitrogen and oxygen atoms in total. The van der Waals surface area contributed by atoms with Crippen LogP contribution in [0.5, 0.6) is 5.75 Å². The van der Waals surface area contributed by atoms with E-state index < -0.39 is 5.97 Å². The molecule has 0 aliphatic rings. The lowest BCUT2D eigenvalue weighted by Gasteiger charge is -2.12. The Morgan fingerprint density at radius 3 is 2.46 bits per heavy atom. The number of hydrogen-bond donors (Lipinski definition) is 0. The lowest BCUT2D eigenvalue weighted by Crippen LogP contribution is -2.19. The maximum absolute atomic E-state index is 12.0. The van der Waals surface area contributed by atoms with E-state index in [9.17, 15) is 4.79 Å². The molecule has 0 saturated heterocycles. The molecule has 2 aromatic rings. The molecule has 0 saturated carbocycles. The van der Waals surface area contributed by atoms with Crippen molar-refractivity contribution >= 4 is 45.3 Å². The standard InChI is InChI=1S/C19H17BrClNO4/c1-24-19(23)18(22-25-2)16-6-4-3-5-14(16)12-26-15-9-7-13(8-10-15)11-17(20)21/h3-11H,12H2,1-2H3. The van der Waals surface area contributed by atoms with E-state index >= 15 is 0 Å². The average Bonchev–Trinajstić information content (AvgIpc) is 2.65. The molecule has 2 rings (SSSR count). The molecule has 0 radical (unpaired) electrons. The molecular formula is C19H17BrClNO4. The van der Waals surface area contributed by atoms with Crippen LogP contribution in [0.3, 0.4) is 0 Å². The van der Waals surface area contributed by atoms with Gasteiger partial charge in [0.1, 0.15) is 19.5 Å². The molecule has 2 aromatic carbocycles. The van der Waals surface area contributed by atoms with Crippen LogP contribution in [0.25, 0.3) is 6.08 Å². The first kappa shape index (κ1) is 20.0. The van der Waals surface area contributed by atoms with Crippen LogP contribution in [-0.4, -0.2) is 25.9 Å². The van der Waals surface area contributed by atoms with E-state index in [4.69, 9.17) is 25.9 Å². The first-order valence-corrected chi connectivity index (χ1v) is 8.75. The molecule has 0 aliphatic heterocycles. The summed E-state index contributed by atoms with van der Waals surface area (Å²) in [5.74, 6) is 0.105. The fourth-order valence-electron chi connectivity index (χ4n) is 2.21. The highest BCUT2D eigenvalue weighted by Crippen LogP contribution is 2.20. The van der Waals surface area contributed by atoms with Crippen molar-refractivity contribution in [3.05, 3.63) is 69.2 Å². The van der Waals surface area contributed by atoms with Gasteiger partial charge in [0.25, 0.3) is 0 Å². The predicted molar refractivity (Wildman–Crippen MR) is 106 cm³/mol. The number of rotatable bonds is 7. The molecule has 0 atom stereocenters. The van der Waals surface area contributed by atoms with Gasteiger partial charge in [0, 0.05) is 5.56 Å². The Labute approximate surface area is 165 Å². The minimum absolute atomic E-state index is 0.0849. The minimum Gasteiger partial charge on any atom is -0.489 e. The van der Waals surface area contributed by atoms with Crippen molar-refractivity contribution in [1.29, 1.82) is 0 Å². The molecule has 0 heterocycles. The molecule has 0 aromatic heterocycles. The second-order valence-electron chi connectivity index (χ2n) is 5.06. The predicted octanol–water partition coefficient (Wildman–Crippen LogP) is 4.72. The summed E-state index contributed by atoms with van der Waals surface area (Å²) >= 11 is 8.97. The van der Waals surface area contributed by atoms with Gasteiger partial charge in [0.05, 0.1) is 11.1 Å². The van der Waals surface area contributed by atoms with Crippen molar-refractivity contribution in [3.8, 4) is 5.75 Å². The molecule has 0 fully saturated rings. The Bertz CT molecular complexity index is 815. The topological polar surface area (TPSA) is 57.1 Å². The second-order valence-corrected chi connectivity index (χ2v) is 6.78. The van der Waals surface area contributed by atoms with Crippen molar-refractivity contribution in [2.24, 2.45) is 5.16 Å². The second kappa shape index (κ2) is 9.99. The number of hydrogen-bond acceptors (Lipinski definition) is 5. The third-order valence-electron chi connectivity index (χ3n) is 3.38. The van der Waals surface area contributed by atoms with Crippen LogP contribution >= 0.6 is 27.5 Å². The number of esters is 1. The van der Waals surface area contributed by atoms with E-state index in [0.717, 1.165) is 11.1 Å². The van der Waals surface area contributed by atoms with Gasteiger partial charge in [-0.3, -0.25) is 0 Å². The largest absolute Gasteiger partial charge is 0.489 e. The summed E-state index contributed by atoms with van der Waals surface area (Å²) in [5, 5.41) is 3.78. The number of nitrogens with zero attached hydrogens (tertiary/aromatic N) is 1. The van der Waals surface area contributed by atoms with Gasteiger partial charge in [-0.15, -0.1) is 0 Å². The summed E-state index contributed by atoms with van der Waals surface area (Å²) in [7, 11) is 2.67. The van der Waals surface area contributed by atoms with Gasteiger partial charge in [-0.25, -0.2) is 4.79 Å². The summed E-state index contributed by atoms with van der Waals surface area (Å²) in [5.41, 5.74) is 2.40. The van der Waals surface area contributed by atoms with Gasteiger partial charge in [-0.2, -0.15) is 0 Å². The fraction of sp³-hybridized carbons (Fsp3) is 0.158. The first-order valence-electron chi connectivity index (χ1n) is 7.58. The van der Waals surface area contributed by atoms with Crippen LogP contribution in [0.2, 0.25) is 0 Å². The van der Waals surface area contributed by atoms with Gasteiger partial charge in [-0.1, -0.05) is 53.2 Å². The molecule has 0 bridgehead atoms. The quantitative estimate of drug-likeness (QED) is 0.356. The first-order chi connectivity index (χ1) is 12.5. The smallest absolute Gasteiger partial charge is 0.360 e. The molecule has 136 valence electrons. The van der Waals surface area contributed by atoms with E-state index in [2.05, 4.69) is 21.1 Å². The van der Waals surface area contributed by atoms with Crippen LogP contribution in [0.1, 0.15) is 16.7 Å². The van der Waals surface area contributed by atoms with Crippen LogP contribution < -0.4 is 4.74 Å². The number of carbonyl (C=O) groups is 1. The van der Waals surface area contributed by atoms with E-state index in [0.29, 0.717) is 15.3 Å². The third kappa shape index (κ3) is 5.61. The Kier molecular flexibility index (Phi) is 7.69. The highest BCUT2D eigenvalue weighted by molar-refractivity contribution is 9.12. The molecule has 7 heteroatoms. The van der Waals surface area contributed by atoms with Crippen LogP contribution in [0, 0.1) is 0 Å². The van der Waals surface area contributed by atoms with E-state index in [1.807, 2.05) is 36.4 Å². The molecule has 0 N–H and O–H groups in total. The van der Waals surface area contributed by atoms with Crippen molar-refractivity contribution in [3.63, 3.8) is 0 Å². The Morgan fingerprint density at radius 2 is 1.85 bits per heavy atom. The lowest BCUT2D eigenvalue weighted by atomic mass is 10.0. The highest BCUT2D eigenvalue weighted by atomic mass is 79.9. The van der Waals surface area contributed by atoms with Gasteiger partial charge in [-0.05, 0) is 45.3 Å². The Hall–Kier alpha value is -2.31. The van der Waals surface area contributed by atoms with Crippen LogP contribution in [0.4, 0.5) is 0 Å². The molecule has 0 aliphatic carbocycles. The molecule has 26 heavy (non-hydrogen) atoms. The monoisotopic (exact) mass is 437 g/mol. The summed E-state index contributed by atoms with van der Waals surface area (Å²) < 4.78 is 11.1. The number of ether oxygens (including phenoxy) is 2. The molecule has 0 amide bonds. The van der Waals surface area contributed by atoms with E-state index in [-0.39, 0.29) is 12.3 Å². The normalized spacial score (nSPS) is 11.8. The van der Waals surface area contributed by atoms with Crippen molar-refractivity contribution in [2.45, 2.75) is 6.61 Å². The Balaban J connectivity index is 2.19. The summed E-state index contributed by atoms with van der Waals surface area (Å²) in [6.07, 6.45) is 1.78. The van der Waals surface area contributed by atoms with E-state index in [1.54, 1.807) is 18.2 Å². The van der Waals surface area contributed by atoms with Crippen molar-refractivity contribution in [2.75, 3.05) is 14.2 Å². The molecule has 0 unspecified atom stereocenters. The fourth-order valence-corrected chi connectivity index (χ4v) is 2.60. The third-order valence-corrected chi connectivity index (χ3v) is 3.72. The van der Waals surface area contributed by atoms with Crippen molar-refractivity contribution < 1.29 is 19.1 Å². The zero-order chi connectivity index (χ0) is 18.9. The SMILES string of the molecule is CON=C(C(=O)OC)c1ccccc1COc1ccc(C=C(Cl)Br)cc1. The number of methoxy groups -OCH3 is 1. The molecular weight excluding hydrogens is 422 g/mol. The van der Waals surface area contributed by atoms with Crippen LogP contribution in [-0.2, 0) is 21.0 Å². The maximum atomic E-state index is 12.0. The zero-order valence-corrected chi connectivity index (χ0v) is 16.6. The van der Waals surface area contributed by atoms with Crippen molar-refractivity contribution in [1.82, 2.24) is 0 Å². The van der Waals surface area contributed by atoms with Gasteiger partial charge in [0.2, 0.25) is 0 Å². The summed E-state index contributed by atoms with van der Waals surface area (Å²) in [4.78, 5) is 16.7. The van der Waals surface area contributed by atoms with Crippen LogP contribution in [0.15, 0.2) is 57.6 Å². The number of oxime groups is 1. The lowest BCUT2D eigenvalue weighted by molar-refractivity contribution is -0.132. The van der Waals surface area contributed by atoms with E-state index in [1.165, 1.54) is 14.2 Å². The Morgan fingerprint density at radius 1 is 1.15 bits per heavy atom. The zero-order valence-electron chi connectivity index (χ0n) is 14.2. The van der Waals surface area contributed by atoms with Gasteiger partial charge < -0.3 is 14.3 Å².